The number of aryl methyl sites for hydroxylation is 2. The molecule has 3 atom stereocenters. The molecule has 10 nitrogen and oxygen atoms in total. The number of sulfone groups is 1. The lowest BCUT2D eigenvalue weighted by atomic mass is 9.89. The van der Waals surface area contributed by atoms with Gasteiger partial charge in [-0.2, -0.15) is 5.10 Å². The fourth-order valence-corrected chi connectivity index (χ4v) is 6.21. The van der Waals surface area contributed by atoms with Gasteiger partial charge in [0.2, 0.25) is 5.91 Å². The number of hydrogen-bond acceptors (Lipinski definition) is 8. The van der Waals surface area contributed by atoms with Gasteiger partial charge in [-0.15, -0.1) is 0 Å². The Labute approximate surface area is 224 Å². The first-order chi connectivity index (χ1) is 18.0. The molecular formula is C27H37N7O3S. The number of carbonyl (C=O) groups excluding carboxylic acids is 1. The first-order valence-electron chi connectivity index (χ1n) is 13.1. The largest absolute Gasteiger partial charge is 0.355 e. The summed E-state index contributed by atoms with van der Waals surface area (Å²) < 4.78 is 25.4. The number of nitrogens with one attached hydrogen (secondary N) is 1. The highest BCUT2D eigenvalue weighted by molar-refractivity contribution is 7.90. The summed E-state index contributed by atoms with van der Waals surface area (Å²) in [6, 6.07) is 9.66. The molecule has 1 aliphatic carbocycles. The number of nitrogens with zero attached hydrogens (tertiary/aromatic N) is 5. The van der Waals surface area contributed by atoms with Gasteiger partial charge in [0.1, 0.15) is 21.2 Å². The summed E-state index contributed by atoms with van der Waals surface area (Å²) in [4.78, 5) is 23.0. The smallest absolute Gasteiger partial charge is 0.247 e. The van der Waals surface area contributed by atoms with Gasteiger partial charge in [0.25, 0.3) is 0 Å². The predicted octanol–water partition coefficient (Wildman–Crippen LogP) is 1.57. The molecule has 0 spiro atoms. The molecule has 204 valence electrons. The fraction of sp³-hybridized carbons (Fsp3) is 0.519. The highest BCUT2D eigenvalue weighted by Gasteiger charge is 2.47. The molecule has 0 saturated carbocycles. The van der Waals surface area contributed by atoms with Crippen LogP contribution in [0, 0.1) is 6.92 Å². The molecule has 3 aromatic rings. The Balaban J connectivity index is 1.43. The van der Waals surface area contributed by atoms with Crippen LogP contribution >= 0.6 is 0 Å². The van der Waals surface area contributed by atoms with Gasteiger partial charge in [-0.25, -0.2) is 17.9 Å². The standard InChI is InChI=1S/C27H37N7O3S/c1-18-16-34-24(30-25(18)33-13-10-21(28)17-33)15-23(31-34)19(2)32(3)26(35)27(29-12-14-38(4,36)37)11-9-20-7-5-6-8-22(20)27/h5-8,15-16,19,21,29H,9-14,17,28H2,1-4H3/t19-,21-,27?/m0/s1. The molecule has 3 N–H and O–H groups in total. The van der Waals surface area contributed by atoms with Crippen molar-refractivity contribution in [1.82, 2.24) is 24.8 Å². The van der Waals surface area contributed by atoms with E-state index in [0.29, 0.717) is 6.42 Å². The SMILES string of the molecule is Cc1cn2nc([C@H](C)N(C)C(=O)C3(NCCS(C)(=O)=O)CCc4ccccc43)cc2nc1N1CC[C@H](N)C1. The molecule has 3 heterocycles. The number of hydrogen-bond donors (Lipinski definition) is 2. The van der Waals surface area contributed by atoms with E-state index < -0.39 is 15.4 Å². The maximum absolute atomic E-state index is 14.2. The zero-order valence-electron chi connectivity index (χ0n) is 22.5. The zero-order chi connectivity index (χ0) is 27.2. The molecule has 0 bridgehead atoms. The van der Waals surface area contributed by atoms with Gasteiger partial charge >= 0.3 is 0 Å². The number of amides is 1. The molecule has 0 radical (unpaired) electrons. The minimum Gasteiger partial charge on any atom is -0.355 e. The first-order valence-corrected chi connectivity index (χ1v) is 15.2. The Hall–Kier alpha value is -3.02. The van der Waals surface area contributed by atoms with E-state index in [2.05, 4.69) is 10.2 Å². The van der Waals surface area contributed by atoms with Crippen LogP contribution < -0.4 is 16.0 Å². The predicted molar refractivity (Wildman–Crippen MR) is 148 cm³/mol. The minimum absolute atomic E-state index is 0.0365. The van der Waals surface area contributed by atoms with Gasteiger partial charge in [0.15, 0.2) is 5.65 Å². The van der Waals surface area contributed by atoms with E-state index in [0.717, 1.165) is 59.8 Å². The quantitative estimate of drug-likeness (QED) is 0.442. The van der Waals surface area contributed by atoms with Crippen LogP contribution in [-0.4, -0.2) is 78.6 Å². The van der Waals surface area contributed by atoms with E-state index in [1.54, 1.807) is 16.5 Å². The molecule has 38 heavy (non-hydrogen) atoms. The van der Waals surface area contributed by atoms with Crippen molar-refractivity contribution in [3.05, 3.63) is 58.9 Å². The number of carbonyl (C=O) groups is 1. The number of anilines is 1. The Morgan fingerprint density at radius 3 is 2.82 bits per heavy atom. The van der Waals surface area contributed by atoms with E-state index in [1.165, 1.54) is 6.26 Å². The summed E-state index contributed by atoms with van der Waals surface area (Å²) in [6.45, 7) is 5.85. The van der Waals surface area contributed by atoms with Crippen molar-refractivity contribution in [3.63, 3.8) is 0 Å². The Kier molecular flexibility index (Phi) is 6.95. The van der Waals surface area contributed by atoms with Crippen LogP contribution in [0.3, 0.4) is 0 Å². The Bertz CT molecular complexity index is 1470. The normalized spacial score (nSPS) is 22.1. The van der Waals surface area contributed by atoms with Crippen molar-refractivity contribution in [2.75, 3.05) is 43.6 Å². The van der Waals surface area contributed by atoms with Crippen LogP contribution in [0.4, 0.5) is 5.82 Å². The molecule has 11 heteroatoms. The average molecular weight is 540 g/mol. The molecule has 1 aliphatic heterocycles. The van der Waals surface area contributed by atoms with Crippen molar-refractivity contribution < 1.29 is 13.2 Å². The number of nitrogens with two attached hydrogens (primary N) is 1. The second kappa shape index (κ2) is 9.94. The van der Waals surface area contributed by atoms with Gasteiger partial charge in [0.05, 0.1) is 17.5 Å². The third-order valence-corrected chi connectivity index (χ3v) is 8.93. The summed E-state index contributed by atoms with van der Waals surface area (Å²) in [5, 5.41) is 8.11. The van der Waals surface area contributed by atoms with Gasteiger partial charge in [-0.05, 0) is 44.2 Å². The molecule has 5 rings (SSSR count). The van der Waals surface area contributed by atoms with Crippen LogP contribution in [-0.2, 0) is 26.6 Å². The third-order valence-electron chi connectivity index (χ3n) is 7.99. The van der Waals surface area contributed by atoms with Gasteiger partial charge in [0, 0.05) is 56.8 Å². The first kappa shape index (κ1) is 26.6. The van der Waals surface area contributed by atoms with E-state index in [4.69, 9.17) is 15.8 Å². The van der Waals surface area contributed by atoms with Crippen molar-refractivity contribution in [3.8, 4) is 0 Å². The second-order valence-corrected chi connectivity index (χ2v) is 13.1. The van der Waals surface area contributed by atoms with Crippen molar-refractivity contribution in [1.29, 1.82) is 0 Å². The molecule has 2 aliphatic rings. The number of aromatic nitrogens is 3. The second-order valence-electron chi connectivity index (χ2n) is 10.8. The van der Waals surface area contributed by atoms with E-state index in [-0.39, 0.29) is 30.3 Å². The van der Waals surface area contributed by atoms with Crippen LogP contribution in [0.1, 0.15) is 48.2 Å². The minimum atomic E-state index is -3.17. The third kappa shape index (κ3) is 4.90. The molecule has 1 unspecified atom stereocenters. The van der Waals surface area contributed by atoms with E-state index in [9.17, 15) is 13.2 Å². The number of rotatable bonds is 8. The molecular weight excluding hydrogens is 502 g/mol. The summed E-state index contributed by atoms with van der Waals surface area (Å²) in [7, 11) is -1.39. The summed E-state index contributed by atoms with van der Waals surface area (Å²) in [6.07, 6.45) is 5.45. The highest BCUT2D eigenvalue weighted by atomic mass is 32.2. The molecule has 1 fully saturated rings. The molecule has 1 saturated heterocycles. The highest BCUT2D eigenvalue weighted by Crippen LogP contribution is 2.39. The topological polar surface area (TPSA) is 126 Å². The van der Waals surface area contributed by atoms with Crippen LogP contribution in [0.5, 0.6) is 0 Å². The number of benzene rings is 1. The maximum Gasteiger partial charge on any atom is 0.247 e. The monoisotopic (exact) mass is 539 g/mol. The van der Waals surface area contributed by atoms with E-state index in [1.807, 2.05) is 50.4 Å². The lowest BCUT2D eigenvalue weighted by Crippen LogP contribution is -2.55. The van der Waals surface area contributed by atoms with E-state index >= 15 is 0 Å². The van der Waals surface area contributed by atoms with Crippen molar-refractivity contribution in [2.45, 2.75) is 50.7 Å². The van der Waals surface area contributed by atoms with Gasteiger partial charge < -0.3 is 15.5 Å². The van der Waals surface area contributed by atoms with Crippen LogP contribution in [0.2, 0.25) is 0 Å². The maximum atomic E-state index is 14.2. The van der Waals surface area contributed by atoms with Gasteiger partial charge in [-0.1, -0.05) is 24.3 Å². The van der Waals surface area contributed by atoms with Crippen LogP contribution in [0.15, 0.2) is 36.5 Å². The molecule has 1 aromatic carbocycles. The number of fused-ring (bicyclic) bond motifs is 2. The van der Waals surface area contributed by atoms with Crippen LogP contribution in [0.25, 0.3) is 5.65 Å². The Morgan fingerprint density at radius 2 is 2.11 bits per heavy atom. The molecule has 1 amide bonds. The average Bonchev–Trinajstić information content (AvgIpc) is 3.58. The summed E-state index contributed by atoms with van der Waals surface area (Å²) in [5.41, 5.74) is 9.63. The lowest BCUT2D eigenvalue weighted by molar-refractivity contribution is -0.139. The Morgan fingerprint density at radius 1 is 1.34 bits per heavy atom. The van der Waals surface area contributed by atoms with Crippen molar-refractivity contribution >= 4 is 27.2 Å². The molecule has 2 aromatic heterocycles. The lowest BCUT2D eigenvalue weighted by Gasteiger charge is -2.36. The fourth-order valence-electron chi connectivity index (χ4n) is 5.74. The number of likely N-dealkylation sites (N-methyl/N-ethyl adjacent to an activating group) is 1. The van der Waals surface area contributed by atoms with Crippen molar-refractivity contribution in [2.24, 2.45) is 5.73 Å². The zero-order valence-corrected chi connectivity index (χ0v) is 23.3. The summed E-state index contributed by atoms with van der Waals surface area (Å²) in [5.74, 6) is 0.785. The van der Waals surface area contributed by atoms with Gasteiger partial charge in [-0.3, -0.25) is 10.1 Å². The summed E-state index contributed by atoms with van der Waals surface area (Å²) >= 11 is 0.